The van der Waals surface area contributed by atoms with Gasteiger partial charge in [0.1, 0.15) is 5.16 Å². The largest absolute Gasteiger partial charge is 0.336 e. The molecule has 5 nitrogen and oxygen atoms in total. The molecular weight excluding hydrogens is 419 g/mol. The lowest BCUT2D eigenvalue weighted by Crippen LogP contribution is -2.41. The van der Waals surface area contributed by atoms with Crippen LogP contribution in [0.5, 0.6) is 0 Å². The number of hydrogen-bond donors (Lipinski definition) is 2. The first kappa shape index (κ1) is 22.3. The summed E-state index contributed by atoms with van der Waals surface area (Å²) in [6.45, 7) is 2.15. The first-order chi connectivity index (χ1) is 15.4. The molecule has 0 amide bonds. The molecule has 2 N–H and O–H groups in total. The van der Waals surface area contributed by atoms with Gasteiger partial charge in [0.05, 0.1) is 6.42 Å². The summed E-state index contributed by atoms with van der Waals surface area (Å²) in [5, 5.41) is -1.26. The summed E-state index contributed by atoms with van der Waals surface area (Å²) in [4.78, 5) is 24.7. The molecule has 2 aromatic heterocycles. The van der Waals surface area contributed by atoms with Crippen molar-refractivity contribution in [3.05, 3.63) is 103 Å². The van der Waals surface area contributed by atoms with Gasteiger partial charge in [-0.25, -0.2) is 0 Å². The van der Waals surface area contributed by atoms with Gasteiger partial charge in [-0.1, -0.05) is 49.8 Å². The minimum atomic E-state index is -4.42. The van der Waals surface area contributed by atoms with Crippen LogP contribution in [-0.4, -0.2) is 19.9 Å². The highest BCUT2D eigenvalue weighted by molar-refractivity contribution is 7.53. The Kier molecular flexibility index (Phi) is 6.52. The van der Waals surface area contributed by atoms with E-state index >= 15 is 0 Å². The van der Waals surface area contributed by atoms with Gasteiger partial charge in [-0.2, -0.15) is 4.57 Å². The van der Waals surface area contributed by atoms with Crippen molar-refractivity contribution in [3.63, 3.8) is 0 Å². The van der Waals surface area contributed by atoms with Gasteiger partial charge in [0.15, 0.2) is 11.9 Å². The van der Waals surface area contributed by atoms with Crippen LogP contribution in [0, 0.1) is 0 Å². The number of pyridine rings is 2. The average molecular weight is 447 g/mol. The van der Waals surface area contributed by atoms with Crippen molar-refractivity contribution in [1.82, 2.24) is 4.98 Å². The zero-order chi connectivity index (χ0) is 22.6. The molecule has 0 saturated heterocycles. The van der Waals surface area contributed by atoms with Crippen LogP contribution in [0.15, 0.2) is 91.4 Å². The van der Waals surface area contributed by atoms with Gasteiger partial charge in [0.25, 0.3) is 0 Å². The molecule has 1 aliphatic rings. The maximum Gasteiger partial charge on any atom is 0.336 e. The van der Waals surface area contributed by atoms with Crippen molar-refractivity contribution in [2.45, 2.75) is 37.8 Å². The van der Waals surface area contributed by atoms with Crippen LogP contribution < -0.4 is 4.57 Å². The molecular formula is C26H28N2O3P+. The van der Waals surface area contributed by atoms with Gasteiger partial charge < -0.3 is 9.79 Å². The van der Waals surface area contributed by atoms with Crippen molar-refractivity contribution < 1.29 is 18.9 Å². The van der Waals surface area contributed by atoms with Crippen LogP contribution in [0.2, 0.25) is 0 Å². The molecule has 1 atom stereocenters. The molecule has 0 radical (unpaired) electrons. The number of benzene rings is 1. The third kappa shape index (κ3) is 4.66. The molecule has 0 bridgehead atoms. The number of aryl methyl sites for hydroxylation is 1. The van der Waals surface area contributed by atoms with Crippen LogP contribution >= 0.6 is 7.60 Å². The van der Waals surface area contributed by atoms with Crippen molar-refractivity contribution >= 4 is 7.60 Å². The van der Waals surface area contributed by atoms with Crippen molar-refractivity contribution in [2.75, 3.05) is 0 Å². The molecule has 2 heterocycles. The maximum absolute atomic E-state index is 12.6. The summed E-state index contributed by atoms with van der Waals surface area (Å²) in [6.07, 6.45) is 15.1. The third-order valence-electron chi connectivity index (χ3n) is 5.97. The highest BCUT2D eigenvalue weighted by Crippen LogP contribution is 2.56. The molecule has 0 saturated carbocycles. The number of rotatable bonds is 7. The van der Waals surface area contributed by atoms with Crippen LogP contribution in [0.4, 0.5) is 0 Å². The van der Waals surface area contributed by atoms with Gasteiger partial charge in [-0.05, 0) is 41.7 Å². The van der Waals surface area contributed by atoms with Gasteiger partial charge in [-0.15, -0.1) is 0 Å². The Morgan fingerprint density at radius 3 is 2.56 bits per heavy atom. The van der Waals surface area contributed by atoms with E-state index in [9.17, 15) is 14.4 Å². The Labute approximate surface area is 189 Å². The number of hydrogen-bond acceptors (Lipinski definition) is 2. The first-order valence-electron chi connectivity index (χ1n) is 10.9. The first-order valence-corrected chi connectivity index (χ1v) is 12.5. The Bertz CT molecular complexity index is 1200. The second kappa shape index (κ2) is 9.33. The predicted molar refractivity (Wildman–Crippen MR) is 127 cm³/mol. The molecule has 1 aliphatic carbocycles. The van der Waals surface area contributed by atoms with Crippen molar-refractivity contribution in [1.29, 1.82) is 0 Å². The second-order valence-electron chi connectivity index (χ2n) is 8.25. The number of allylic oxidation sites excluding steroid dienone is 4. The van der Waals surface area contributed by atoms with E-state index < -0.39 is 12.8 Å². The lowest BCUT2D eigenvalue weighted by atomic mass is 9.92. The second-order valence-corrected chi connectivity index (χ2v) is 10.2. The predicted octanol–water partition coefficient (Wildman–Crippen LogP) is 4.95. The fourth-order valence-corrected chi connectivity index (χ4v) is 5.22. The van der Waals surface area contributed by atoms with E-state index in [0.29, 0.717) is 6.42 Å². The molecule has 3 aromatic rings. The van der Waals surface area contributed by atoms with Crippen LogP contribution in [0.1, 0.15) is 31.0 Å². The van der Waals surface area contributed by atoms with E-state index in [2.05, 4.69) is 24.0 Å². The smallest absolute Gasteiger partial charge is 0.324 e. The van der Waals surface area contributed by atoms with Crippen molar-refractivity contribution in [2.24, 2.45) is 0 Å². The maximum atomic E-state index is 12.6. The Balaban J connectivity index is 1.85. The zero-order valence-corrected chi connectivity index (χ0v) is 19.0. The molecule has 0 fully saturated rings. The molecule has 164 valence electrons. The SMILES string of the molecule is CCCc1cccc(-[n+]2ccc(-c3ccncc3)cc2CC2(P(=O)(O)O)C=CC=CC2)c1. The Morgan fingerprint density at radius 1 is 1.06 bits per heavy atom. The van der Waals surface area contributed by atoms with E-state index in [1.165, 1.54) is 5.56 Å². The monoisotopic (exact) mass is 447 g/mol. The lowest BCUT2D eigenvalue weighted by Gasteiger charge is -2.31. The van der Waals surface area contributed by atoms with E-state index in [4.69, 9.17) is 0 Å². The van der Waals surface area contributed by atoms with Crippen molar-refractivity contribution in [3.8, 4) is 16.8 Å². The minimum absolute atomic E-state index is 0.217. The van der Waals surface area contributed by atoms with Gasteiger partial charge in [0, 0.05) is 36.7 Å². The summed E-state index contributed by atoms with van der Waals surface area (Å²) in [7, 11) is -4.42. The van der Waals surface area contributed by atoms with Gasteiger partial charge in [-0.3, -0.25) is 9.55 Å². The van der Waals surface area contributed by atoms with E-state index in [1.807, 2.05) is 59.3 Å². The van der Waals surface area contributed by atoms with Gasteiger partial charge >= 0.3 is 7.60 Å². The normalized spacial score (nSPS) is 18.1. The molecule has 0 spiro atoms. The minimum Gasteiger partial charge on any atom is -0.324 e. The average Bonchev–Trinajstić information content (AvgIpc) is 2.80. The van der Waals surface area contributed by atoms with E-state index in [1.54, 1.807) is 24.5 Å². The summed E-state index contributed by atoms with van der Waals surface area (Å²) in [5.74, 6) is 0. The van der Waals surface area contributed by atoms with E-state index in [0.717, 1.165) is 35.3 Å². The van der Waals surface area contributed by atoms with Crippen LogP contribution in [0.25, 0.3) is 16.8 Å². The molecule has 6 heteroatoms. The summed E-state index contributed by atoms with van der Waals surface area (Å²) in [6, 6.07) is 16.3. The summed E-state index contributed by atoms with van der Waals surface area (Å²) in [5.41, 5.74) is 5.07. The summed E-state index contributed by atoms with van der Waals surface area (Å²) >= 11 is 0. The fourth-order valence-electron chi connectivity index (χ4n) is 4.23. The lowest BCUT2D eigenvalue weighted by molar-refractivity contribution is -0.604. The fraction of sp³-hybridized carbons (Fsp3) is 0.231. The quantitative estimate of drug-likeness (QED) is 0.397. The summed E-state index contributed by atoms with van der Waals surface area (Å²) < 4.78 is 14.7. The van der Waals surface area contributed by atoms with Crippen LogP contribution in [-0.2, 0) is 17.4 Å². The third-order valence-corrected chi connectivity index (χ3v) is 7.62. The zero-order valence-electron chi connectivity index (χ0n) is 18.1. The highest BCUT2D eigenvalue weighted by Gasteiger charge is 2.46. The number of nitrogens with zero attached hydrogens (tertiary/aromatic N) is 2. The highest BCUT2D eigenvalue weighted by atomic mass is 31.2. The van der Waals surface area contributed by atoms with Gasteiger partial charge in [0.2, 0.25) is 5.69 Å². The molecule has 32 heavy (non-hydrogen) atoms. The van der Waals surface area contributed by atoms with Crippen LogP contribution in [0.3, 0.4) is 0 Å². The van der Waals surface area contributed by atoms with E-state index in [-0.39, 0.29) is 6.42 Å². The Morgan fingerprint density at radius 2 is 1.88 bits per heavy atom. The Hall–Kier alpha value is -2.85. The standard InChI is InChI=1S/C26H27N2O3P/c1-2-7-21-8-6-9-24(18-21)28-17-12-23(22-10-15-27-16-11-22)19-25(28)20-26(32(29,30)31)13-4-3-5-14-26/h3-6,8-13,15-19H,2,7,14,20H2,1H3,(H-,29,30,31)/p+1. The topological polar surface area (TPSA) is 74.3 Å². The molecule has 1 unspecified atom stereocenters. The molecule has 1 aromatic carbocycles. The molecule has 0 aliphatic heterocycles. The number of aromatic nitrogens is 2. The molecule has 4 rings (SSSR count).